The predicted molar refractivity (Wildman–Crippen MR) is 87.5 cm³/mol. The van der Waals surface area contributed by atoms with E-state index in [2.05, 4.69) is 20.8 Å². The molecule has 0 saturated heterocycles. The maximum absolute atomic E-state index is 12.8. The van der Waals surface area contributed by atoms with Gasteiger partial charge in [-0.3, -0.25) is 4.79 Å². The van der Waals surface area contributed by atoms with Crippen LogP contribution in [0.4, 0.5) is 0 Å². The Morgan fingerprint density at radius 1 is 1.10 bits per heavy atom. The lowest BCUT2D eigenvalue weighted by atomic mass is 9.90. The first-order chi connectivity index (χ1) is 9.86. The lowest BCUT2D eigenvalue weighted by molar-refractivity contribution is 0.507. The summed E-state index contributed by atoms with van der Waals surface area (Å²) in [6.45, 7) is 9.00. The highest BCUT2D eigenvalue weighted by atomic mass is 16.1. The van der Waals surface area contributed by atoms with Crippen LogP contribution in [0.5, 0.6) is 0 Å². The number of hydrogen-bond acceptors (Lipinski definition) is 2. The Hall–Kier alpha value is -1.87. The van der Waals surface area contributed by atoms with Gasteiger partial charge in [0.2, 0.25) is 0 Å². The number of benzene rings is 1. The zero-order valence-corrected chi connectivity index (χ0v) is 13.3. The highest BCUT2D eigenvalue weighted by Gasteiger charge is 2.21. The van der Waals surface area contributed by atoms with E-state index in [4.69, 9.17) is 5.73 Å². The molecule has 21 heavy (non-hydrogen) atoms. The van der Waals surface area contributed by atoms with E-state index in [0.29, 0.717) is 12.1 Å². The molecule has 1 heterocycles. The third-order valence-electron chi connectivity index (χ3n) is 3.78. The Labute approximate surface area is 126 Å². The summed E-state index contributed by atoms with van der Waals surface area (Å²) in [7, 11) is 0. The SMILES string of the molecule is CCn1c(C(C)(C)C)ccc(C(N)c2ccccc2)c1=O. The fourth-order valence-electron chi connectivity index (χ4n) is 2.64. The van der Waals surface area contributed by atoms with Gasteiger partial charge in [0, 0.05) is 23.2 Å². The predicted octanol–water partition coefficient (Wildman–Crippen LogP) is 3.21. The molecule has 1 atom stereocenters. The van der Waals surface area contributed by atoms with E-state index in [0.717, 1.165) is 11.3 Å². The van der Waals surface area contributed by atoms with Crippen LogP contribution in [0.15, 0.2) is 47.3 Å². The van der Waals surface area contributed by atoms with Crippen LogP contribution in [0.1, 0.15) is 50.6 Å². The van der Waals surface area contributed by atoms with E-state index in [1.165, 1.54) is 0 Å². The van der Waals surface area contributed by atoms with Crippen LogP contribution in [0.3, 0.4) is 0 Å². The molecule has 0 radical (unpaired) electrons. The number of nitrogens with zero attached hydrogens (tertiary/aromatic N) is 1. The second-order valence-electron chi connectivity index (χ2n) is 6.36. The minimum atomic E-state index is -0.384. The molecular formula is C18H24N2O. The molecular weight excluding hydrogens is 260 g/mol. The average Bonchev–Trinajstić information content (AvgIpc) is 2.46. The van der Waals surface area contributed by atoms with Crippen molar-refractivity contribution in [3.63, 3.8) is 0 Å². The fraction of sp³-hybridized carbons (Fsp3) is 0.389. The van der Waals surface area contributed by atoms with Crippen molar-refractivity contribution < 1.29 is 0 Å². The first-order valence-corrected chi connectivity index (χ1v) is 7.41. The van der Waals surface area contributed by atoms with Gasteiger partial charge in [0.25, 0.3) is 5.56 Å². The summed E-state index contributed by atoms with van der Waals surface area (Å²) < 4.78 is 1.83. The van der Waals surface area contributed by atoms with Gasteiger partial charge < -0.3 is 10.3 Å². The summed E-state index contributed by atoms with van der Waals surface area (Å²) in [5.41, 5.74) is 8.89. The Kier molecular flexibility index (Phi) is 4.33. The summed E-state index contributed by atoms with van der Waals surface area (Å²) in [4.78, 5) is 12.8. The zero-order chi connectivity index (χ0) is 15.6. The Balaban J connectivity index is 2.55. The zero-order valence-electron chi connectivity index (χ0n) is 13.3. The van der Waals surface area contributed by atoms with E-state index in [1.807, 2.05) is 54.0 Å². The molecule has 1 aromatic carbocycles. The van der Waals surface area contributed by atoms with Crippen LogP contribution in [0.2, 0.25) is 0 Å². The van der Waals surface area contributed by atoms with Crippen LogP contribution >= 0.6 is 0 Å². The van der Waals surface area contributed by atoms with Crippen molar-refractivity contribution in [3.05, 3.63) is 69.6 Å². The van der Waals surface area contributed by atoms with Crippen molar-refractivity contribution in [1.29, 1.82) is 0 Å². The smallest absolute Gasteiger partial charge is 0.255 e. The summed E-state index contributed by atoms with van der Waals surface area (Å²) in [6, 6.07) is 13.3. The second kappa shape index (κ2) is 5.86. The molecule has 0 fully saturated rings. The van der Waals surface area contributed by atoms with Gasteiger partial charge in [0.15, 0.2) is 0 Å². The van der Waals surface area contributed by atoms with Crippen molar-refractivity contribution in [2.75, 3.05) is 0 Å². The average molecular weight is 284 g/mol. The summed E-state index contributed by atoms with van der Waals surface area (Å²) in [5, 5.41) is 0. The number of nitrogens with two attached hydrogens (primary N) is 1. The second-order valence-corrected chi connectivity index (χ2v) is 6.36. The molecule has 0 aliphatic rings. The molecule has 0 spiro atoms. The van der Waals surface area contributed by atoms with Crippen LogP contribution in [0, 0.1) is 0 Å². The number of rotatable bonds is 3. The molecule has 0 aliphatic heterocycles. The normalized spacial score (nSPS) is 13.2. The minimum absolute atomic E-state index is 0.0151. The first kappa shape index (κ1) is 15.5. The maximum Gasteiger partial charge on any atom is 0.255 e. The van der Waals surface area contributed by atoms with Gasteiger partial charge in [-0.1, -0.05) is 51.1 Å². The molecule has 1 aromatic heterocycles. The van der Waals surface area contributed by atoms with E-state index >= 15 is 0 Å². The summed E-state index contributed by atoms with van der Waals surface area (Å²) in [5.74, 6) is 0. The fourth-order valence-corrected chi connectivity index (χ4v) is 2.64. The molecule has 0 amide bonds. The van der Waals surface area contributed by atoms with Gasteiger partial charge in [-0.05, 0) is 24.6 Å². The van der Waals surface area contributed by atoms with E-state index in [-0.39, 0.29) is 17.0 Å². The lowest BCUT2D eigenvalue weighted by Crippen LogP contribution is -2.33. The van der Waals surface area contributed by atoms with Crippen molar-refractivity contribution >= 4 is 0 Å². The molecule has 112 valence electrons. The Morgan fingerprint density at radius 2 is 1.71 bits per heavy atom. The van der Waals surface area contributed by atoms with E-state index < -0.39 is 0 Å². The quantitative estimate of drug-likeness (QED) is 0.940. The van der Waals surface area contributed by atoms with Crippen molar-refractivity contribution in [1.82, 2.24) is 4.57 Å². The first-order valence-electron chi connectivity index (χ1n) is 7.41. The van der Waals surface area contributed by atoms with Crippen LogP contribution in [-0.2, 0) is 12.0 Å². The molecule has 0 saturated carbocycles. The molecule has 3 heteroatoms. The largest absolute Gasteiger partial charge is 0.320 e. The van der Waals surface area contributed by atoms with Crippen molar-refractivity contribution in [2.45, 2.75) is 45.7 Å². The maximum atomic E-state index is 12.8. The Morgan fingerprint density at radius 3 is 2.24 bits per heavy atom. The Bertz CT molecular complexity index is 666. The van der Waals surface area contributed by atoms with Crippen LogP contribution in [0.25, 0.3) is 0 Å². The number of hydrogen-bond donors (Lipinski definition) is 1. The molecule has 2 rings (SSSR count). The topological polar surface area (TPSA) is 48.0 Å². The molecule has 0 bridgehead atoms. The highest BCUT2D eigenvalue weighted by Crippen LogP contribution is 2.23. The molecule has 1 unspecified atom stereocenters. The standard InChI is InChI=1S/C18H24N2O/c1-5-20-15(18(2,3)4)12-11-14(17(20)21)16(19)13-9-7-6-8-10-13/h6-12,16H,5,19H2,1-4H3. The monoisotopic (exact) mass is 284 g/mol. The van der Waals surface area contributed by atoms with Gasteiger partial charge in [0.1, 0.15) is 0 Å². The third kappa shape index (κ3) is 3.08. The van der Waals surface area contributed by atoms with Crippen LogP contribution in [-0.4, -0.2) is 4.57 Å². The van der Waals surface area contributed by atoms with E-state index in [1.54, 1.807) is 0 Å². The van der Waals surface area contributed by atoms with Crippen molar-refractivity contribution in [2.24, 2.45) is 5.73 Å². The van der Waals surface area contributed by atoms with E-state index in [9.17, 15) is 4.79 Å². The third-order valence-corrected chi connectivity index (χ3v) is 3.78. The minimum Gasteiger partial charge on any atom is -0.320 e. The van der Waals surface area contributed by atoms with Crippen molar-refractivity contribution in [3.8, 4) is 0 Å². The van der Waals surface area contributed by atoms with Gasteiger partial charge >= 0.3 is 0 Å². The van der Waals surface area contributed by atoms with Gasteiger partial charge in [0.05, 0.1) is 6.04 Å². The van der Waals surface area contributed by atoms with Crippen LogP contribution < -0.4 is 11.3 Å². The summed E-state index contributed by atoms with van der Waals surface area (Å²) in [6.07, 6.45) is 0. The molecule has 3 nitrogen and oxygen atoms in total. The summed E-state index contributed by atoms with van der Waals surface area (Å²) >= 11 is 0. The van der Waals surface area contributed by atoms with Gasteiger partial charge in [-0.15, -0.1) is 0 Å². The molecule has 2 N–H and O–H groups in total. The van der Waals surface area contributed by atoms with Gasteiger partial charge in [-0.2, -0.15) is 0 Å². The number of pyridine rings is 1. The molecule has 2 aromatic rings. The molecule has 0 aliphatic carbocycles. The number of aromatic nitrogens is 1. The lowest BCUT2D eigenvalue weighted by Gasteiger charge is -2.25. The highest BCUT2D eigenvalue weighted by molar-refractivity contribution is 5.31. The van der Waals surface area contributed by atoms with Gasteiger partial charge in [-0.25, -0.2) is 0 Å².